The molecule has 0 radical (unpaired) electrons. The van der Waals surface area contributed by atoms with Gasteiger partial charge in [0, 0.05) is 12.1 Å². The normalized spacial score (nSPS) is 11.9. The van der Waals surface area contributed by atoms with E-state index in [1.807, 2.05) is 13.8 Å². The quantitative estimate of drug-likeness (QED) is 0.763. The summed E-state index contributed by atoms with van der Waals surface area (Å²) < 4.78 is 5.75. The summed E-state index contributed by atoms with van der Waals surface area (Å²) in [6, 6.07) is 5.11. The van der Waals surface area contributed by atoms with Crippen LogP contribution in [0.15, 0.2) is 18.2 Å². The molecule has 1 atom stereocenters. The largest absolute Gasteiger partial charge is 0.489 e. The van der Waals surface area contributed by atoms with Gasteiger partial charge in [0.1, 0.15) is 5.75 Å². The molecular weight excluding hydrogens is 228 g/mol. The fourth-order valence-electron chi connectivity index (χ4n) is 1.72. The topological polar surface area (TPSA) is 64.3 Å². The monoisotopic (exact) mass is 250 g/mol. The molecule has 0 saturated heterocycles. The minimum absolute atomic E-state index is 0.0989. The van der Waals surface area contributed by atoms with Crippen LogP contribution >= 0.6 is 0 Å². The van der Waals surface area contributed by atoms with Gasteiger partial charge in [0.2, 0.25) is 0 Å². The van der Waals surface area contributed by atoms with Crippen molar-refractivity contribution < 1.29 is 9.53 Å². The number of rotatable bonds is 6. The first-order valence-corrected chi connectivity index (χ1v) is 6.42. The maximum Gasteiger partial charge on any atom is 0.251 e. The van der Waals surface area contributed by atoms with Crippen LogP contribution in [-0.2, 0) is 0 Å². The summed E-state index contributed by atoms with van der Waals surface area (Å²) in [6.45, 7) is 6.59. The van der Waals surface area contributed by atoms with Crippen molar-refractivity contribution in [2.75, 3.05) is 12.3 Å². The SMILES string of the molecule is CCCC(C)Oc1cc(C(=O)NCC)ccc1N. The third-order valence-electron chi connectivity index (χ3n) is 2.64. The summed E-state index contributed by atoms with van der Waals surface area (Å²) in [6.07, 6.45) is 2.11. The molecule has 1 unspecified atom stereocenters. The lowest BCUT2D eigenvalue weighted by molar-refractivity contribution is 0.0955. The Morgan fingerprint density at radius 1 is 1.44 bits per heavy atom. The van der Waals surface area contributed by atoms with Crippen molar-refractivity contribution in [2.45, 2.75) is 39.7 Å². The number of nitrogens with two attached hydrogens (primary N) is 1. The molecule has 1 aromatic carbocycles. The number of amides is 1. The zero-order valence-electron chi connectivity index (χ0n) is 11.3. The number of benzene rings is 1. The summed E-state index contributed by atoms with van der Waals surface area (Å²) in [4.78, 5) is 11.7. The van der Waals surface area contributed by atoms with E-state index in [0.29, 0.717) is 23.5 Å². The van der Waals surface area contributed by atoms with Crippen LogP contribution in [-0.4, -0.2) is 18.6 Å². The first-order valence-electron chi connectivity index (χ1n) is 6.42. The number of nitrogen functional groups attached to an aromatic ring is 1. The van der Waals surface area contributed by atoms with Gasteiger partial charge >= 0.3 is 0 Å². The molecule has 18 heavy (non-hydrogen) atoms. The third kappa shape index (κ3) is 3.95. The number of carbonyl (C=O) groups excluding carboxylic acids is 1. The molecule has 4 heteroatoms. The van der Waals surface area contributed by atoms with Gasteiger partial charge in [-0.15, -0.1) is 0 Å². The zero-order chi connectivity index (χ0) is 13.5. The molecule has 1 rings (SSSR count). The summed E-state index contributed by atoms with van der Waals surface area (Å²) in [7, 11) is 0. The summed E-state index contributed by atoms with van der Waals surface area (Å²) in [5.41, 5.74) is 6.99. The summed E-state index contributed by atoms with van der Waals surface area (Å²) in [5.74, 6) is 0.477. The average molecular weight is 250 g/mol. The molecule has 1 amide bonds. The maximum atomic E-state index is 11.7. The maximum absolute atomic E-state index is 11.7. The van der Waals surface area contributed by atoms with Crippen LogP contribution in [0.5, 0.6) is 5.75 Å². The molecule has 0 heterocycles. The van der Waals surface area contributed by atoms with E-state index in [1.54, 1.807) is 18.2 Å². The van der Waals surface area contributed by atoms with Crippen molar-refractivity contribution in [1.29, 1.82) is 0 Å². The van der Waals surface area contributed by atoms with Gasteiger partial charge in [-0.2, -0.15) is 0 Å². The zero-order valence-corrected chi connectivity index (χ0v) is 11.3. The molecule has 1 aromatic rings. The number of carbonyl (C=O) groups is 1. The van der Waals surface area contributed by atoms with Crippen molar-refractivity contribution in [2.24, 2.45) is 0 Å². The highest BCUT2D eigenvalue weighted by Crippen LogP contribution is 2.24. The third-order valence-corrected chi connectivity index (χ3v) is 2.64. The van der Waals surface area contributed by atoms with Crippen molar-refractivity contribution in [3.63, 3.8) is 0 Å². The predicted molar refractivity (Wildman–Crippen MR) is 73.9 cm³/mol. The molecule has 4 nitrogen and oxygen atoms in total. The fourth-order valence-corrected chi connectivity index (χ4v) is 1.72. The van der Waals surface area contributed by atoms with Gasteiger partial charge in [-0.05, 0) is 38.5 Å². The summed E-state index contributed by atoms with van der Waals surface area (Å²) >= 11 is 0. The van der Waals surface area contributed by atoms with E-state index in [1.165, 1.54) is 0 Å². The molecule has 0 fully saturated rings. The van der Waals surface area contributed by atoms with Crippen LogP contribution in [0.4, 0.5) is 5.69 Å². The van der Waals surface area contributed by atoms with Crippen molar-refractivity contribution >= 4 is 11.6 Å². The highest BCUT2D eigenvalue weighted by atomic mass is 16.5. The first-order chi connectivity index (χ1) is 8.58. The van der Waals surface area contributed by atoms with Crippen molar-refractivity contribution in [3.8, 4) is 5.75 Å². The van der Waals surface area contributed by atoms with Crippen LogP contribution in [0.1, 0.15) is 44.0 Å². The van der Waals surface area contributed by atoms with Crippen LogP contribution in [0.25, 0.3) is 0 Å². The fraction of sp³-hybridized carbons (Fsp3) is 0.500. The lowest BCUT2D eigenvalue weighted by Gasteiger charge is -2.16. The van der Waals surface area contributed by atoms with Crippen molar-refractivity contribution in [3.05, 3.63) is 23.8 Å². The Hall–Kier alpha value is -1.71. The van der Waals surface area contributed by atoms with Crippen LogP contribution in [0, 0.1) is 0 Å². The van der Waals surface area contributed by atoms with Gasteiger partial charge in [-0.3, -0.25) is 4.79 Å². The van der Waals surface area contributed by atoms with Gasteiger partial charge in [-0.1, -0.05) is 13.3 Å². The minimum atomic E-state index is -0.106. The number of ether oxygens (including phenoxy) is 1. The molecule has 0 aromatic heterocycles. The molecule has 0 saturated carbocycles. The lowest BCUT2D eigenvalue weighted by atomic mass is 10.1. The molecule has 100 valence electrons. The minimum Gasteiger partial charge on any atom is -0.489 e. The van der Waals surface area contributed by atoms with E-state index in [0.717, 1.165) is 12.8 Å². The molecule has 0 bridgehead atoms. The van der Waals surface area contributed by atoms with Crippen molar-refractivity contribution in [1.82, 2.24) is 5.32 Å². The number of anilines is 1. The van der Waals surface area contributed by atoms with E-state index >= 15 is 0 Å². The Labute approximate surface area is 109 Å². The van der Waals surface area contributed by atoms with Gasteiger partial charge in [0.15, 0.2) is 0 Å². The number of nitrogens with one attached hydrogen (secondary N) is 1. The molecule has 0 spiro atoms. The van der Waals surface area contributed by atoms with E-state index in [9.17, 15) is 4.79 Å². The van der Waals surface area contributed by atoms with E-state index < -0.39 is 0 Å². The van der Waals surface area contributed by atoms with Gasteiger partial charge < -0.3 is 15.8 Å². The van der Waals surface area contributed by atoms with Gasteiger partial charge in [0.25, 0.3) is 5.91 Å². The Morgan fingerprint density at radius 2 is 2.17 bits per heavy atom. The van der Waals surface area contributed by atoms with Crippen LogP contribution in [0.3, 0.4) is 0 Å². The second-order valence-corrected chi connectivity index (χ2v) is 4.33. The Morgan fingerprint density at radius 3 is 2.78 bits per heavy atom. The highest BCUT2D eigenvalue weighted by molar-refractivity contribution is 5.95. The molecule has 0 aliphatic carbocycles. The van der Waals surface area contributed by atoms with Crippen LogP contribution in [0.2, 0.25) is 0 Å². The molecule has 0 aliphatic heterocycles. The Balaban J connectivity index is 2.84. The van der Waals surface area contributed by atoms with Crippen LogP contribution < -0.4 is 15.8 Å². The summed E-state index contributed by atoms with van der Waals surface area (Å²) in [5, 5.41) is 2.75. The smallest absolute Gasteiger partial charge is 0.251 e. The second kappa shape index (κ2) is 6.89. The van der Waals surface area contributed by atoms with E-state index in [4.69, 9.17) is 10.5 Å². The standard InChI is InChI=1S/C14H22N2O2/c1-4-6-10(3)18-13-9-11(7-8-12(13)15)14(17)16-5-2/h7-10H,4-6,15H2,1-3H3,(H,16,17). The molecular formula is C14H22N2O2. The average Bonchev–Trinajstić information content (AvgIpc) is 2.32. The molecule has 3 N–H and O–H groups in total. The van der Waals surface area contributed by atoms with Gasteiger partial charge in [0.05, 0.1) is 11.8 Å². The Bertz CT molecular complexity index is 405. The van der Waals surface area contributed by atoms with Gasteiger partial charge in [-0.25, -0.2) is 0 Å². The predicted octanol–water partition coefficient (Wildman–Crippen LogP) is 2.59. The lowest BCUT2D eigenvalue weighted by Crippen LogP contribution is -2.23. The number of hydrogen-bond acceptors (Lipinski definition) is 3. The van der Waals surface area contributed by atoms with E-state index in [2.05, 4.69) is 12.2 Å². The number of hydrogen-bond donors (Lipinski definition) is 2. The molecule has 0 aliphatic rings. The van der Waals surface area contributed by atoms with E-state index in [-0.39, 0.29) is 12.0 Å². The highest BCUT2D eigenvalue weighted by Gasteiger charge is 2.10. The second-order valence-electron chi connectivity index (χ2n) is 4.33. The first kappa shape index (κ1) is 14.4. The Kier molecular flexibility index (Phi) is 5.49.